The molecule has 6 heteroatoms. The highest BCUT2D eigenvalue weighted by Crippen LogP contribution is 2.30. The highest BCUT2D eigenvalue weighted by atomic mass is 19.2. The van der Waals surface area contributed by atoms with E-state index in [1.165, 1.54) is 6.07 Å². The van der Waals surface area contributed by atoms with Gasteiger partial charge in [0.05, 0.1) is 6.04 Å². The first kappa shape index (κ1) is 16.5. The van der Waals surface area contributed by atoms with E-state index in [1.54, 1.807) is 12.4 Å². The third-order valence-electron chi connectivity index (χ3n) is 4.25. The second-order valence-electron chi connectivity index (χ2n) is 5.82. The molecule has 1 saturated heterocycles. The summed E-state index contributed by atoms with van der Waals surface area (Å²) >= 11 is 0. The topological polar surface area (TPSA) is 51.2 Å². The average Bonchev–Trinajstić information content (AvgIpc) is 2.63. The van der Waals surface area contributed by atoms with E-state index in [-0.39, 0.29) is 17.5 Å². The van der Waals surface area contributed by atoms with Gasteiger partial charge in [-0.1, -0.05) is 6.07 Å². The fourth-order valence-electron chi connectivity index (χ4n) is 2.94. The molecule has 2 heterocycles. The smallest absolute Gasteiger partial charge is 0.251 e. The molecule has 126 valence electrons. The van der Waals surface area contributed by atoms with Gasteiger partial charge in [0.15, 0.2) is 11.6 Å². The van der Waals surface area contributed by atoms with E-state index in [2.05, 4.69) is 10.3 Å². The zero-order chi connectivity index (χ0) is 16.9. The summed E-state index contributed by atoms with van der Waals surface area (Å²) in [5, 5.41) is 2.94. The quantitative estimate of drug-likeness (QED) is 0.935. The molecule has 1 amide bonds. The second kappa shape index (κ2) is 7.49. The van der Waals surface area contributed by atoms with Gasteiger partial charge in [-0.3, -0.25) is 9.78 Å². The van der Waals surface area contributed by atoms with Crippen LogP contribution in [0.15, 0.2) is 42.7 Å². The van der Waals surface area contributed by atoms with Gasteiger partial charge < -0.3 is 10.1 Å². The van der Waals surface area contributed by atoms with Crippen LogP contribution in [-0.4, -0.2) is 24.1 Å². The Kier molecular flexibility index (Phi) is 5.15. The average molecular weight is 332 g/mol. The number of nitrogens with one attached hydrogen (secondary N) is 1. The van der Waals surface area contributed by atoms with Crippen LogP contribution in [0.3, 0.4) is 0 Å². The first-order valence-electron chi connectivity index (χ1n) is 7.89. The summed E-state index contributed by atoms with van der Waals surface area (Å²) in [6.07, 6.45) is 5.02. The van der Waals surface area contributed by atoms with Gasteiger partial charge in [0.2, 0.25) is 0 Å². The Labute approximate surface area is 138 Å². The lowest BCUT2D eigenvalue weighted by atomic mass is 9.87. The highest BCUT2D eigenvalue weighted by molar-refractivity contribution is 5.94. The monoisotopic (exact) mass is 332 g/mol. The summed E-state index contributed by atoms with van der Waals surface area (Å²) < 4.78 is 31.8. The molecule has 0 saturated carbocycles. The predicted octanol–water partition coefficient (Wildman–Crippen LogP) is 3.26. The van der Waals surface area contributed by atoms with Gasteiger partial charge in [-0.2, -0.15) is 0 Å². The van der Waals surface area contributed by atoms with E-state index >= 15 is 0 Å². The van der Waals surface area contributed by atoms with E-state index in [0.717, 1.165) is 30.5 Å². The van der Waals surface area contributed by atoms with Crippen LogP contribution in [0.5, 0.6) is 0 Å². The van der Waals surface area contributed by atoms with Crippen molar-refractivity contribution >= 4 is 5.91 Å². The largest absolute Gasteiger partial charge is 0.381 e. The Morgan fingerprint density at radius 2 is 2.00 bits per heavy atom. The fourth-order valence-corrected chi connectivity index (χ4v) is 2.94. The molecule has 4 nitrogen and oxygen atoms in total. The molecule has 1 aliphatic rings. The summed E-state index contributed by atoms with van der Waals surface area (Å²) in [6, 6.07) is 6.61. The number of ether oxygens (including phenoxy) is 1. The molecule has 1 aromatic carbocycles. The molecule has 1 aromatic heterocycles. The number of hydrogen-bond acceptors (Lipinski definition) is 3. The van der Waals surface area contributed by atoms with Crippen LogP contribution < -0.4 is 5.32 Å². The molecular weight excluding hydrogens is 314 g/mol. The van der Waals surface area contributed by atoms with Crippen LogP contribution in [0.4, 0.5) is 8.78 Å². The Bertz CT molecular complexity index is 703. The lowest BCUT2D eigenvalue weighted by Gasteiger charge is -2.31. The summed E-state index contributed by atoms with van der Waals surface area (Å²) in [7, 11) is 0. The minimum absolute atomic E-state index is 0.0925. The van der Waals surface area contributed by atoms with Crippen LogP contribution >= 0.6 is 0 Å². The lowest BCUT2D eigenvalue weighted by molar-refractivity contribution is 0.0513. The van der Waals surface area contributed by atoms with Crippen molar-refractivity contribution in [1.29, 1.82) is 0 Å². The van der Waals surface area contributed by atoms with Gasteiger partial charge in [0, 0.05) is 31.2 Å². The number of carbonyl (C=O) groups excluding carboxylic acids is 1. The standard InChI is InChI=1S/C18H18F2N2O2/c19-15-4-3-13(10-16(15)20)18(23)22-17(12-5-8-24-9-6-12)14-2-1-7-21-11-14/h1-4,7,10-12,17H,5-6,8-9H2,(H,22,23). The number of hydrogen-bond donors (Lipinski definition) is 1. The SMILES string of the molecule is O=C(NC(c1cccnc1)C1CCOCC1)c1ccc(F)c(F)c1. The maximum Gasteiger partial charge on any atom is 0.251 e. The van der Waals surface area contributed by atoms with Crippen molar-refractivity contribution in [3.8, 4) is 0 Å². The summed E-state index contributed by atoms with van der Waals surface area (Å²) in [5.41, 5.74) is 0.982. The van der Waals surface area contributed by atoms with Crippen molar-refractivity contribution in [3.05, 3.63) is 65.5 Å². The van der Waals surface area contributed by atoms with E-state index < -0.39 is 17.5 Å². The van der Waals surface area contributed by atoms with Crippen LogP contribution in [0.2, 0.25) is 0 Å². The Morgan fingerprint density at radius 3 is 2.67 bits per heavy atom. The third kappa shape index (κ3) is 3.76. The number of carbonyl (C=O) groups is 1. The second-order valence-corrected chi connectivity index (χ2v) is 5.82. The molecule has 1 aliphatic heterocycles. The fraction of sp³-hybridized carbons (Fsp3) is 0.333. The molecule has 0 spiro atoms. The van der Waals surface area contributed by atoms with Crippen molar-refractivity contribution in [2.24, 2.45) is 5.92 Å². The zero-order valence-electron chi connectivity index (χ0n) is 13.0. The van der Waals surface area contributed by atoms with Crippen LogP contribution in [0, 0.1) is 17.6 Å². The number of amides is 1. The van der Waals surface area contributed by atoms with Crippen molar-refractivity contribution in [2.45, 2.75) is 18.9 Å². The molecule has 0 aliphatic carbocycles. The van der Waals surface area contributed by atoms with Gasteiger partial charge in [-0.05, 0) is 48.6 Å². The van der Waals surface area contributed by atoms with E-state index in [0.29, 0.717) is 13.2 Å². The van der Waals surface area contributed by atoms with Crippen LogP contribution in [-0.2, 0) is 4.74 Å². The Hall–Kier alpha value is -2.34. The molecule has 24 heavy (non-hydrogen) atoms. The van der Waals surface area contributed by atoms with Gasteiger partial charge in [0.1, 0.15) is 0 Å². The molecular formula is C18H18F2N2O2. The maximum absolute atomic E-state index is 13.4. The zero-order valence-corrected chi connectivity index (χ0v) is 13.0. The number of rotatable bonds is 4. The molecule has 2 aromatic rings. The number of pyridine rings is 1. The summed E-state index contributed by atoms with van der Waals surface area (Å²) in [5.74, 6) is -2.24. The number of aromatic nitrogens is 1. The first-order valence-corrected chi connectivity index (χ1v) is 7.89. The van der Waals surface area contributed by atoms with Crippen molar-refractivity contribution in [3.63, 3.8) is 0 Å². The van der Waals surface area contributed by atoms with Crippen LogP contribution in [0.1, 0.15) is 34.8 Å². The summed E-state index contributed by atoms with van der Waals surface area (Å²) in [6.45, 7) is 1.28. The van der Waals surface area contributed by atoms with E-state index in [1.807, 2.05) is 12.1 Å². The van der Waals surface area contributed by atoms with Gasteiger partial charge in [-0.25, -0.2) is 8.78 Å². The minimum Gasteiger partial charge on any atom is -0.381 e. The molecule has 1 N–H and O–H groups in total. The van der Waals surface area contributed by atoms with Crippen molar-refractivity contribution in [2.75, 3.05) is 13.2 Å². The van der Waals surface area contributed by atoms with E-state index in [9.17, 15) is 13.6 Å². The minimum atomic E-state index is -1.04. The van der Waals surface area contributed by atoms with Crippen molar-refractivity contribution < 1.29 is 18.3 Å². The molecule has 0 radical (unpaired) electrons. The molecule has 3 rings (SSSR count). The first-order chi connectivity index (χ1) is 11.6. The third-order valence-corrected chi connectivity index (χ3v) is 4.25. The predicted molar refractivity (Wildman–Crippen MR) is 84.3 cm³/mol. The molecule has 1 unspecified atom stereocenters. The molecule has 0 bridgehead atoms. The molecule has 1 fully saturated rings. The normalized spacial score (nSPS) is 16.6. The van der Waals surface area contributed by atoms with Gasteiger partial charge in [0.25, 0.3) is 5.91 Å². The maximum atomic E-state index is 13.4. The van der Waals surface area contributed by atoms with Crippen molar-refractivity contribution in [1.82, 2.24) is 10.3 Å². The van der Waals surface area contributed by atoms with E-state index in [4.69, 9.17) is 4.74 Å². The highest BCUT2D eigenvalue weighted by Gasteiger charge is 2.27. The number of halogens is 2. The molecule has 1 atom stereocenters. The number of nitrogens with zero attached hydrogens (tertiary/aromatic N) is 1. The summed E-state index contributed by atoms with van der Waals surface area (Å²) in [4.78, 5) is 16.6. The number of benzene rings is 1. The lowest BCUT2D eigenvalue weighted by Crippen LogP contribution is -2.36. The van der Waals surface area contributed by atoms with Gasteiger partial charge in [-0.15, -0.1) is 0 Å². The Morgan fingerprint density at radius 1 is 1.21 bits per heavy atom. The van der Waals surface area contributed by atoms with Crippen LogP contribution in [0.25, 0.3) is 0 Å². The van der Waals surface area contributed by atoms with Gasteiger partial charge >= 0.3 is 0 Å². The Balaban J connectivity index is 1.82.